The molecule has 37 heavy (non-hydrogen) atoms. The highest BCUT2D eigenvalue weighted by Crippen LogP contribution is 2.64. The van der Waals surface area contributed by atoms with Crippen LogP contribution in [0.1, 0.15) is 137 Å². The molecule has 4 heteroatoms. The largest absolute Gasteiger partial charge is 0.395 e. The zero-order valence-electron chi connectivity index (χ0n) is 25.0. The Balaban J connectivity index is 1.55. The molecule has 0 aromatic carbocycles. The third kappa shape index (κ3) is 7.21. The summed E-state index contributed by atoms with van der Waals surface area (Å²) in [6.07, 6.45) is 18.3. The van der Waals surface area contributed by atoms with Crippen molar-refractivity contribution in [1.82, 2.24) is 4.90 Å². The fourth-order valence-electron chi connectivity index (χ4n) is 8.74. The molecule has 0 saturated heterocycles. The first kappa shape index (κ1) is 30.7. The van der Waals surface area contributed by atoms with Crippen LogP contribution in [0, 0.1) is 28.6 Å². The zero-order chi connectivity index (χ0) is 27.1. The normalized spacial score (nSPS) is 31.1. The van der Waals surface area contributed by atoms with Gasteiger partial charge in [-0.3, -0.25) is 4.79 Å². The molecule has 2 N–H and O–H groups in total. The molecule has 3 unspecified atom stereocenters. The van der Waals surface area contributed by atoms with E-state index >= 15 is 0 Å². The molecule has 3 aliphatic carbocycles. The van der Waals surface area contributed by atoms with Crippen molar-refractivity contribution in [3.63, 3.8) is 0 Å². The molecular weight excluding hydrogens is 458 g/mol. The summed E-state index contributed by atoms with van der Waals surface area (Å²) in [5.41, 5.74) is 3.39. The highest BCUT2D eigenvalue weighted by Gasteiger charge is 2.58. The molecule has 2 fully saturated rings. The van der Waals surface area contributed by atoms with Gasteiger partial charge < -0.3 is 15.1 Å². The van der Waals surface area contributed by atoms with Gasteiger partial charge in [0.2, 0.25) is 5.91 Å². The highest BCUT2D eigenvalue weighted by atomic mass is 16.3. The number of hydrogen-bond acceptors (Lipinski definition) is 3. The van der Waals surface area contributed by atoms with Gasteiger partial charge >= 0.3 is 0 Å². The minimum Gasteiger partial charge on any atom is -0.395 e. The Bertz CT molecular complexity index is 759. The number of rotatable bonds is 14. The average molecular weight is 518 g/mol. The van der Waals surface area contributed by atoms with Gasteiger partial charge in [0.1, 0.15) is 0 Å². The average Bonchev–Trinajstić information content (AvgIpc) is 2.86. The molecule has 1 amide bonds. The second kappa shape index (κ2) is 14.0. The topological polar surface area (TPSA) is 60.8 Å². The summed E-state index contributed by atoms with van der Waals surface area (Å²) in [4.78, 5) is 15.2. The summed E-state index contributed by atoms with van der Waals surface area (Å²) in [5.74, 6) is 2.09. The molecule has 0 spiro atoms. The molecule has 3 rings (SSSR count). The lowest BCUT2D eigenvalue weighted by Gasteiger charge is -2.62. The van der Waals surface area contributed by atoms with Gasteiger partial charge in [0.15, 0.2) is 0 Å². The number of carbonyl (C=O) groups excluding carboxylic acids is 1. The molecule has 0 bridgehead atoms. The van der Waals surface area contributed by atoms with Crippen molar-refractivity contribution in [3.8, 4) is 0 Å². The lowest BCUT2D eigenvalue weighted by molar-refractivity contribution is -0.149. The van der Waals surface area contributed by atoms with Crippen molar-refractivity contribution in [3.05, 3.63) is 11.1 Å². The fourth-order valence-corrected chi connectivity index (χ4v) is 8.74. The van der Waals surface area contributed by atoms with E-state index in [1.165, 1.54) is 69.8 Å². The van der Waals surface area contributed by atoms with Gasteiger partial charge in [-0.05, 0) is 86.9 Å². The predicted molar refractivity (Wildman–Crippen MR) is 154 cm³/mol. The first-order valence-corrected chi connectivity index (χ1v) is 15.9. The summed E-state index contributed by atoms with van der Waals surface area (Å²) in [5, 5.41) is 20.4. The Hall–Kier alpha value is -0.870. The van der Waals surface area contributed by atoms with E-state index in [1.54, 1.807) is 5.57 Å². The zero-order valence-corrected chi connectivity index (χ0v) is 25.0. The number of allylic oxidation sites excluding steroid dienone is 2. The van der Waals surface area contributed by atoms with E-state index in [9.17, 15) is 15.0 Å². The quantitative estimate of drug-likeness (QED) is 0.184. The van der Waals surface area contributed by atoms with Crippen molar-refractivity contribution in [2.45, 2.75) is 143 Å². The van der Waals surface area contributed by atoms with Gasteiger partial charge in [-0.1, -0.05) is 83.8 Å². The second-order valence-corrected chi connectivity index (χ2v) is 13.6. The summed E-state index contributed by atoms with van der Waals surface area (Å²) in [6.45, 7) is 13.0. The molecule has 0 heterocycles. The van der Waals surface area contributed by atoms with E-state index in [2.05, 4.69) is 34.6 Å². The van der Waals surface area contributed by atoms with Crippen molar-refractivity contribution in [2.24, 2.45) is 28.6 Å². The number of carbonyl (C=O) groups is 1. The number of aliphatic hydroxyl groups is 2. The van der Waals surface area contributed by atoms with E-state index in [4.69, 9.17) is 0 Å². The molecule has 0 aromatic rings. The van der Waals surface area contributed by atoms with Crippen LogP contribution in [0.5, 0.6) is 0 Å². The number of aliphatic hydroxyl groups excluding tert-OH is 2. The Labute approximate surface area is 228 Å². The van der Waals surface area contributed by atoms with E-state index in [0.29, 0.717) is 36.1 Å². The van der Waals surface area contributed by atoms with Crippen molar-refractivity contribution < 1.29 is 15.0 Å². The lowest BCUT2D eigenvalue weighted by atomic mass is 9.43. The maximum absolute atomic E-state index is 13.3. The van der Waals surface area contributed by atoms with Gasteiger partial charge in [-0.25, -0.2) is 0 Å². The Morgan fingerprint density at radius 1 is 0.946 bits per heavy atom. The molecule has 214 valence electrons. The van der Waals surface area contributed by atoms with Crippen molar-refractivity contribution in [1.29, 1.82) is 0 Å². The van der Waals surface area contributed by atoms with Crippen LogP contribution in [0.3, 0.4) is 0 Å². The summed E-state index contributed by atoms with van der Waals surface area (Å²) < 4.78 is 0. The molecule has 0 radical (unpaired) electrons. The molecular formula is C33H59NO3. The third-order valence-electron chi connectivity index (χ3n) is 11.0. The van der Waals surface area contributed by atoms with Gasteiger partial charge in [0.25, 0.3) is 0 Å². The van der Waals surface area contributed by atoms with Gasteiger partial charge in [-0.15, -0.1) is 0 Å². The summed E-state index contributed by atoms with van der Waals surface area (Å²) in [7, 11) is 0. The molecule has 0 aliphatic heterocycles. The van der Waals surface area contributed by atoms with Crippen LogP contribution in [-0.2, 0) is 4.79 Å². The number of fused-ring (bicyclic) bond motifs is 3. The molecule has 0 aromatic heterocycles. The first-order chi connectivity index (χ1) is 17.7. The van der Waals surface area contributed by atoms with Gasteiger partial charge in [0, 0.05) is 19.5 Å². The Kier molecular flexibility index (Phi) is 11.6. The lowest BCUT2D eigenvalue weighted by Crippen LogP contribution is -2.56. The van der Waals surface area contributed by atoms with E-state index in [-0.39, 0.29) is 24.0 Å². The standard InChI is InChI=1S/C33H59NO3/c1-6-7-8-9-10-11-12-13-22-34(23-24-35)31(37)19-16-26-25(2)14-17-28-27(26)15-18-29-32(3,4)30(36)20-21-33(28,29)5/h27-30,35-36H,6-24H2,1-5H3/t27?,28?,29?,30-,33+/m0/s1. The van der Waals surface area contributed by atoms with Crippen LogP contribution in [0.2, 0.25) is 0 Å². The molecule has 2 saturated carbocycles. The third-order valence-corrected chi connectivity index (χ3v) is 11.0. The van der Waals surface area contributed by atoms with E-state index in [1.807, 2.05) is 4.90 Å². The molecule has 5 atom stereocenters. The molecule has 3 aliphatic rings. The van der Waals surface area contributed by atoms with Crippen molar-refractivity contribution in [2.75, 3.05) is 19.7 Å². The maximum atomic E-state index is 13.3. The number of hydrogen-bond donors (Lipinski definition) is 2. The first-order valence-electron chi connectivity index (χ1n) is 15.9. The summed E-state index contributed by atoms with van der Waals surface area (Å²) >= 11 is 0. The Morgan fingerprint density at radius 3 is 2.30 bits per heavy atom. The second-order valence-electron chi connectivity index (χ2n) is 13.6. The monoisotopic (exact) mass is 517 g/mol. The fraction of sp³-hybridized carbons (Fsp3) is 0.909. The maximum Gasteiger partial charge on any atom is 0.222 e. The van der Waals surface area contributed by atoms with Crippen LogP contribution in [-0.4, -0.2) is 46.8 Å². The van der Waals surface area contributed by atoms with Crippen molar-refractivity contribution >= 4 is 5.91 Å². The van der Waals surface area contributed by atoms with Crippen LogP contribution >= 0.6 is 0 Å². The number of nitrogens with zero attached hydrogens (tertiary/aromatic N) is 1. The van der Waals surface area contributed by atoms with Crippen LogP contribution in [0.4, 0.5) is 0 Å². The van der Waals surface area contributed by atoms with Crippen LogP contribution < -0.4 is 0 Å². The predicted octanol–water partition coefficient (Wildman–Crippen LogP) is 7.67. The Morgan fingerprint density at radius 2 is 1.62 bits per heavy atom. The van der Waals surface area contributed by atoms with E-state index < -0.39 is 0 Å². The smallest absolute Gasteiger partial charge is 0.222 e. The van der Waals surface area contributed by atoms with E-state index in [0.717, 1.165) is 38.6 Å². The van der Waals surface area contributed by atoms with Gasteiger partial charge in [-0.2, -0.15) is 0 Å². The molecule has 4 nitrogen and oxygen atoms in total. The minimum atomic E-state index is -0.182. The van der Waals surface area contributed by atoms with Gasteiger partial charge in [0.05, 0.1) is 12.7 Å². The summed E-state index contributed by atoms with van der Waals surface area (Å²) in [6, 6.07) is 0. The number of amides is 1. The highest BCUT2D eigenvalue weighted by molar-refractivity contribution is 5.76. The number of unbranched alkanes of at least 4 members (excludes halogenated alkanes) is 7. The van der Waals surface area contributed by atoms with Crippen LogP contribution in [0.15, 0.2) is 11.1 Å². The SMILES string of the molecule is CCCCCCCCCCN(CCO)C(=O)CCC1=C(C)CCC2C1CCC1C(C)(C)[C@@H](O)CC[C@]21C. The van der Waals surface area contributed by atoms with Crippen LogP contribution in [0.25, 0.3) is 0 Å². The minimum absolute atomic E-state index is 0.00932.